The summed E-state index contributed by atoms with van der Waals surface area (Å²) in [5.41, 5.74) is 2.56. The van der Waals surface area contributed by atoms with Crippen LogP contribution in [0.25, 0.3) is 0 Å². The van der Waals surface area contributed by atoms with E-state index in [-0.39, 0.29) is 23.7 Å². The molecule has 2 unspecified atom stereocenters. The first kappa shape index (κ1) is 20.9. The second-order valence-electron chi connectivity index (χ2n) is 6.39. The smallest absolute Gasteiger partial charge is 0.336 e. The van der Waals surface area contributed by atoms with Crippen molar-refractivity contribution >= 4 is 11.9 Å². The second-order valence-corrected chi connectivity index (χ2v) is 6.39. The Labute approximate surface area is 147 Å². The Kier molecular flexibility index (Phi) is 7.33. The fourth-order valence-electron chi connectivity index (χ4n) is 2.67. The van der Waals surface area contributed by atoms with Crippen LogP contribution in [0.4, 0.5) is 0 Å². The zero-order chi connectivity index (χ0) is 19.3. The number of rotatable bonds is 6. The molecule has 1 aliphatic heterocycles. The molecular weight excluding hydrogens is 324 g/mol. The number of carboxylic acid groups (broad SMARTS) is 2. The van der Waals surface area contributed by atoms with Crippen LogP contribution < -0.4 is 0 Å². The molecule has 1 heterocycles. The van der Waals surface area contributed by atoms with E-state index in [1.165, 1.54) is 11.6 Å². The Bertz CT molecular complexity index is 667. The van der Waals surface area contributed by atoms with Gasteiger partial charge in [-0.25, -0.2) is 9.59 Å². The Morgan fingerprint density at radius 1 is 1.28 bits per heavy atom. The molecule has 3 N–H and O–H groups in total. The normalized spacial score (nSPS) is 16.4. The third kappa shape index (κ3) is 5.69. The van der Waals surface area contributed by atoms with Gasteiger partial charge >= 0.3 is 11.9 Å². The van der Waals surface area contributed by atoms with Crippen LogP contribution in [0.1, 0.15) is 71.2 Å². The van der Waals surface area contributed by atoms with E-state index in [9.17, 15) is 24.9 Å². The van der Waals surface area contributed by atoms with E-state index in [0.29, 0.717) is 18.6 Å². The number of epoxide rings is 1. The van der Waals surface area contributed by atoms with Crippen LogP contribution >= 0.6 is 0 Å². The molecule has 0 aromatic heterocycles. The SMILES string of the molecule is C=C(C)C.CCc1c(C2CO2)cc(C(=O)O)c(C(=O)O)c1CC(C)O. The summed E-state index contributed by atoms with van der Waals surface area (Å²) < 4.78 is 5.23. The number of aliphatic hydroxyl groups excluding tert-OH is 1. The predicted octanol–water partition coefficient (Wildman–Crippen LogP) is 3.22. The number of hydrogen-bond donors (Lipinski definition) is 3. The first-order valence-electron chi connectivity index (χ1n) is 8.17. The van der Waals surface area contributed by atoms with Crippen molar-refractivity contribution in [2.24, 2.45) is 0 Å². The van der Waals surface area contributed by atoms with Crippen LogP contribution in [0.2, 0.25) is 0 Å². The number of aromatic carboxylic acids is 2. The summed E-state index contributed by atoms with van der Waals surface area (Å²) in [4.78, 5) is 22.9. The molecule has 2 rings (SSSR count). The maximum absolute atomic E-state index is 11.5. The minimum Gasteiger partial charge on any atom is -0.478 e. The zero-order valence-corrected chi connectivity index (χ0v) is 15.1. The molecule has 0 bridgehead atoms. The molecule has 0 amide bonds. The summed E-state index contributed by atoms with van der Waals surface area (Å²) in [6.07, 6.45) is -0.276. The second kappa shape index (κ2) is 8.78. The fraction of sp³-hybridized carbons (Fsp3) is 0.474. The molecule has 25 heavy (non-hydrogen) atoms. The Hall–Kier alpha value is -2.18. The molecule has 6 nitrogen and oxygen atoms in total. The molecule has 1 fully saturated rings. The quantitative estimate of drug-likeness (QED) is 0.537. The largest absolute Gasteiger partial charge is 0.478 e. The third-order valence-corrected chi connectivity index (χ3v) is 3.56. The van der Waals surface area contributed by atoms with Crippen molar-refractivity contribution in [3.63, 3.8) is 0 Å². The minimum absolute atomic E-state index is 0.103. The van der Waals surface area contributed by atoms with Gasteiger partial charge in [-0.05, 0) is 56.4 Å². The molecule has 138 valence electrons. The van der Waals surface area contributed by atoms with Gasteiger partial charge in [0.2, 0.25) is 0 Å². The first-order chi connectivity index (χ1) is 11.6. The third-order valence-electron chi connectivity index (χ3n) is 3.56. The predicted molar refractivity (Wildman–Crippen MR) is 94.3 cm³/mol. The van der Waals surface area contributed by atoms with Crippen LogP contribution in [0.15, 0.2) is 18.2 Å². The van der Waals surface area contributed by atoms with Crippen LogP contribution in [0.3, 0.4) is 0 Å². The van der Waals surface area contributed by atoms with Gasteiger partial charge in [0.1, 0.15) is 6.10 Å². The van der Waals surface area contributed by atoms with Crippen molar-refractivity contribution < 1.29 is 29.6 Å². The average molecular weight is 350 g/mol. The molecule has 1 aromatic rings. The highest BCUT2D eigenvalue weighted by Gasteiger charge is 2.33. The molecule has 0 saturated carbocycles. The molecule has 1 aliphatic rings. The average Bonchev–Trinajstić information content (AvgIpc) is 3.28. The van der Waals surface area contributed by atoms with Gasteiger partial charge in [0.05, 0.1) is 23.8 Å². The Morgan fingerprint density at radius 3 is 2.12 bits per heavy atom. The summed E-state index contributed by atoms with van der Waals surface area (Å²) in [6.45, 7) is 11.4. The van der Waals surface area contributed by atoms with Gasteiger partial charge in [0.15, 0.2) is 0 Å². The maximum Gasteiger partial charge on any atom is 0.336 e. The number of hydrogen-bond acceptors (Lipinski definition) is 4. The van der Waals surface area contributed by atoms with Crippen LogP contribution in [0, 0.1) is 0 Å². The number of carbonyl (C=O) groups is 2. The first-order valence-corrected chi connectivity index (χ1v) is 8.17. The number of carboxylic acids is 2. The molecule has 2 atom stereocenters. The molecule has 1 aromatic carbocycles. The van der Waals surface area contributed by atoms with Gasteiger partial charge in [-0.1, -0.05) is 12.5 Å². The van der Waals surface area contributed by atoms with E-state index in [4.69, 9.17) is 4.74 Å². The summed E-state index contributed by atoms with van der Waals surface area (Å²) in [6, 6.07) is 1.40. The molecule has 1 saturated heterocycles. The monoisotopic (exact) mass is 350 g/mol. The summed E-state index contributed by atoms with van der Waals surface area (Å²) in [7, 11) is 0. The zero-order valence-electron chi connectivity index (χ0n) is 15.1. The highest BCUT2D eigenvalue weighted by Crippen LogP contribution is 2.37. The van der Waals surface area contributed by atoms with Crippen molar-refractivity contribution in [3.05, 3.63) is 46.0 Å². The highest BCUT2D eigenvalue weighted by atomic mass is 16.6. The Balaban J connectivity index is 0.000000705. The minimum atomic E-state index is -1.29. The highest BCUT2D eigenvalue weighted by molar-refractivity contribution is 6.03. The summed E-state index contributed by atoms with van der Waals surface area (Å²) >= 11 is 0. The molecule has 6 heteroatoms. The number of aliphatic hydroxyl groups is 1. The molecular formula is C19H26O6. The number of ether oxygens (including phenoxy) is 1. The van der Waals surface area contributed by atoms with Crippen LogP contribution in [-0.2, 0) is 17.6 Å². The van der Waals surface area contributed by atoms with Crippen molar-refractivity contribution in [2.45, 2.75) is 52.7 Å². The standard InChI is InChI=1S/C15H18O6.C4H8/c1-3-8-9(12-6-21-12)5-11(14(17)18)13(15(19)20)10(8)4-7(2)16;1-4(2)3/h5,7,12,16H,3-4,6H2,1-2H3,(H,17,18)(H,19,20);1H2,2-3H3. The van der Waals surface area contributed by atoms with Gasteiger partial charge < -0.3 is 20.1 Å². The maximum atomic E-state index is 11.5. The van der Waals surface area contributed by atoms with Crippen LogP contribution in [-0.4, -0.2) is 40.0 Å². The molecule has 0 spiro atoms. The van der Waals surface area contributed by atoms with Crippen molar-refractivity contribution in [1.29, 1.82) is 0 Å². The topological polar surface area (TPSA) is 107 Å². The van der Waals surface area contributed by atoms with Gasteiger partial charge in [0.25, 0.3) is 0 Å². The van der Waals surface area contributed by atoms with E-state index >= 15 is 0 Å². The lowest BCUT2D eigenvalue weighted by Crippen LogP contribution is -2.19. The van der Waals surface area contributed by atoms with E-state index in [2.05, 4.69) is 6.58 Å². The lowest BCUT2D eigenvalue weighted by molar-refractivity contribution is 0.0649. The van der Waals surface area contributed by atoms with Crippen molar-refractivity contribution in [3.8, 4) is 0 Å². The fourth-order valence-corrected chi connectivity index (χ4v) is 2.67. The number of benzene rings is 1. The van der Waals surface area contributed by atoms with E-state index in [1.807, 2.05) is 20.8 Å². The van der Waals surface area contributed by atoms with Gasteiger partial charge in [-0.2, -0.15) is 0 Å². The van der Waals surface area contributed by atoms with E-state index < -0.39 is 18.0 Å². The van der Waals surface area contributed by atoms with Crippen molar-refractivity contribution in [1.82, 2.24) is 0 Å². The summed E-state index contributed by atoms with van der Waals surface area (Å²) in [5, 5.41) is 28.3. The molecule has 0 aliphatic carbocycles. The van der Waals surface area contributed by atoms with Crippen molar-refractivity contribution in [2.75, 3.05) is 6.61 Å². The van der Waals surface area contributed by atoms with E-state index in [0.717, 1.165) is 11.1 Å². The van der Waals surface area contributed by atoms with E-state index in [1.54, 1.807) is 6.92 Å². The van der Waals surface area contributed by atoms with Gasteiger partial charge in [-0.15, -0.1) is 6.58 Å². The molecule has 0 radical (unpaired) electrons. The van der Waals surface area contributed by atoms with Gasteiger partial charge in [0, 0.05) is 0 Å². The van der Waals surface area contributed by atoms with Gasteiger partial charge in [-0.3, -0.25) is 0 Å². The lowest BCUT2D eigenvalue weighted by atomic mass is 9.86. The lowest BCUT2D eigenvalue weighted by Gasteiger charge is -2.19. The Morgan fingerprint density at radius 2 is 1.80 bits per heavy atom. The number of allylic oxidation sites excluding steroid dienone is 1. The summed E-state index contributed by atoms with van der Waals surface area (Å²) in [5.74, 6) is -2.58. The van der Waals surface area contributed by atoms with Crippen LogP contribution in [0.5, 0.6) is 0 Å².